The van der Waals surface area contributed by atoms with Gasteiger partial charge in [0.1, 0.15) is 0 Å². The predicted octanol–water partition coefficient (Wildman–Crippen LogP) is 3.09. The van der Waals surface area contributed by atoms with Gasteiger partial charge in [-0.3, -0.25) is 0 Å². The van der Waals surface area contributed by atoms with Crippen molar-refractivity contribution in [1.82, 2.24) is 0 Å². The molecule has 0 aliphatic carbocycles. The van der Waals surface area contributed by atoms with Crippen LogP contribution in [-0.2, 0) is 0 Å². The molecule has 2 N–H and O–H groups in total. The lowest BCUT2D eigenvalue weighted by molar-refractivity contribution is 0.877. The highest BCUT2D eigenvalue weighted by molar-refractivity contribution is 7.08. The molecule has 0 spiro atoms. The molecule has 1 aromatic carbocycles. The number of hydrogen-bond acceptors (Lipinski definition) is 3. The Morgan fingerprint density at radius 2 is 1.81 bits per heavy atom. The third-order valence-corrected chi connectivity index (χ3v) is 3.00. The number of benzene rings is 1. The van der Waals surface area contributed by atoms with Gasteiger partial charge in [0.15, 0.2) is 0 Å². The van der Waals surface area contributed by atoms with Crippen LogP contribution in [0.1, 0.15) is 22.7 Å². The van der Waals surface area contributed by atoms with E-state index in [9.17, 15) is 0 Å². The number of nitrogens with two attached hydrogens (primary N) is 1. The first-order valence-electron chi connectivity index (χ1n) is 4.59. The minimum absolute atomic E-state index is 0. The molecule has 1 heterocycles. The number of nitrogens with zero attached hydrogens (tertiary/aromatic N) is 1. The van der Waals surface area contributed by atoms with E-state index in [1.165, 1.54) is 0 Å². The molecule has 0 unspecified atom stereocenters. The molecule has 2 rings (SSSR count). The lowest BCUT2D eigenvalue weighted by atomic mass is 10.0. The van der Waals surface area contributed by atoms with E-state index in [1.54, 1.807) is 23.5 Å². The largest absolute Gasteiger partial charge is 0.320 e. The van der Waals surface area contributed by atoms with E-state index < -0.39 is 0 Å². The van der Waals surface area contributed by atoms with Crippen LogP contribution in [0, 0.1) is 11.3 Å². The molecule has 4 heteroatoms. The fourth-order valence-corrected chi connectivity index (χ4v) is 2.11. The van der Waals surface area contributed by atoms with Crippen molar-refractivity contribution in [3.8, 4) is 6.07 Å². The maximum atomic E-state index is 8.67. The van der Waals surface area contributed by atoms with Crippen LogP contribution in [0.2, 0.25) is 0 Å². The van der Waals surface area contributed by atoms with Gasteiger partial charge >= 0.3 is 0 Å². The molecule has 0 amide bonds. The van der Waals surface area contributed by atoms with Crippen molar-refractivity contribution in [2.45, 2.75) is 6.04 Å². The van der Waals surface area contributed by atoms with Gasteiger partial charge in [-0.2, -0.15) is 16.6 Å². The van der Waals surface area contributed by atoms with Crippen molar-refractivity contribution in [2.75, 3.05) is 0 Å². The maximum Gasteiger partial charge on any atom is 0.0991 e. The van der Waals surface area contributed by atoms with Crippen molar-refractivity contribution in [2.24, 2.45) is 5.73 Å². The molecule has 0 saturated heterocycles. The second kappa shape index (κ2) is 5.66. The van der Waals surface area contributed by atoms with Gasteiger partial charge in [-0.05, 0) is 40.1 Å². The lowest BCUT2D eigenvalue weighted by Crippen LogP contribution is -2.10. The summed E-state index contributed by atoms with van der Waals surface area (Å²) in [5.41, 5.74) is 8.89. The van der Waals surface area contributed by atoms with E-state index in [1.807, 2.05) is 29.0 Å². The van der Waals surface area contributed by atoms with E-state index in [0.717, 1.165) is 11.1 Å². The van der Waals surface area contributed by atoms with Crippen molar-refractivity contribution >= 4 is 23.7 Å². The molecule has 0 saturated carbocycles. The fraction of sp³-hybridized carbons (Fsp3) is 0.0833. The van der Waals surface area contributed by atoms with Crippen LogP contribution in [0.15, 0.2) is 41.1 Å². The Balaban J connectivity index is 0.00000128. The fourth-order valence-electron chi connectivity index (χ4n) is 1.41. The summed E-state index contributed by atoms with van der Waals surface area (Å²) in [5, 5.41) is 12.7. The van der Waals surface area contributed by atoms with Gasteiger partial charge in [-0.15, -0.1) is 12.4 Å². The first-order chi connectivity index (χ1) is 7.31. The average molecular weight is 251 g/mol. The summed E-state index contributed by atoms with van der Waals surface area (Å²) in [6.45, 7) is 0. The highest BCUT2D eigenvalue weighted by Gasteiger charge is 2.08. The van der Waals surface area contributed by atoms with Crippen LogP contribution in [0.3, 0.4) is 0 Å². The van der Waals surface area contributed by atoms with E-state index in [0.29, 0.717) is 5.56 Å². The van der Waals surface area contributed by atoms with Crippen LogP contribution in [0.5, 0.6) is 0 Å². The second-order valence-electron chi connectivity index (χ2n) is 3.27. The Morgan fingerprint density at radius 3 is 2.31 bits per heavy atom. The summed E-state index contributed by atoms with van der Waals surface area (Å²) >= 11 is 1.64. The molecule has 82 valence electrons. The summed E-state index contributed by atoms with van der Waals surface area (Å²) in [4.78, 5) is 0. The van der Waals surface area contributed by atoms with Gasteiger partial charge in [0.25, 0.3) is 0 Å². The molecule has 1 atom stereocenters. The van der Waals surface area contributed by atoms with Crippen LogP contribution in [0.4, 0.5) is 0 Å². The van der Waals surface area contributed by atoms with E-state index in [4.69, 9.17) is 11.0 Å². The number of thiophene rings is 1. The topological polar surface area (TPSA) is 49.8 Å². The monoisotopic (exact) mass is 250 g/mol. The number of nitriles is 1. The second-order valence-corrected chi connectivity index (χ2v) is 4.05. The maximum absolute atomic E-state index is 8.67. The molecule has 1 aromatic heterocycles. The molecular weight excluding hydrogens is 240 g/mol. The number of halogens is 1. The summed E-state index contributed by atoms with van der Waals surface area (Å²) in [7, 11) is 0. The van der Waals surface area contributed by atoms with Gasteiger partial charge < -0.3 is 5.73 Å². The standard InChI is InChI=1S/C12H10N2S.ClH/c13-7-9-1-3-10(4-2-9)12(14)11-5-6-15-8-11;/h1-6,8,12H,14H2;1H/t12-;/m1./s1. The first-order valence-corrected chi connectivity index (χ1v) is 5.53. The summed E-state index contributed by atoms with van der Waals surface area (Å²) < 4.78 is 0. The van der Waals surface area contributed by atoms with Crippen LogP contribution in [-0.4, -0.2) is 0 Å². The van der Waals surface area contributed by atoms with Crippen LogP contribution in [0.25, 0.3) is 0 Å². The zero-order valence-corrected chi connectivity index (χ0v) is 10.1. The first kappa shape index (κ1) is 12.7. The van der Waals surface area contributed by atoms with Gasteiger partial charge in [-0.1, -0.05) is 12.1 Å². The number of hydrogen-bond donors (Lipinski definition) is 1. The smallest absolute Gasteiger partial charge is 0.0991 e. The Labute approximate surface area is 105 Å². The molecule has 2 aromatic rings. The summed E-state index contributed by atoms with van der Waals surface area (Å²) in [6.07, 6.45) is 0. The minimum Gasteiger partial charge on any atom is -0.320 e. The van der Waals surface area contributed by atoms with Crippen molar-refractivity contribution in [3.63, 3.8) is 0 Å². The Kier molecular flexibility index (Phi) is 4.51. The van der Waals surface area contributed by atoms with Gasteiger partial charge in [0.2, 0.25) is 0 Å². The molecule has 0 aliphatic rings. The van der Waals surface area contributed by atoms with Gasteiger partial charge in [-0.25, -0.2) is 0 Å². The molecule has 0 radical (unpaired) electrons. The van der Waals surface area contributed by atoms with Gasteiger partial charge in [0.05, 0.1) is 17.7 Å². The minimum atomic E-state index is -0.0935. The molecule has 2 nitrogen and oxygen atoms in total. The lowest BCUT2D eigenvalue weighted by Gasteiger charge is -2.09. The quantitative estimate of drug-likeness (QED) is 0.891. The van der Waals surface area contributed by atoms with Gasteiger partial charge in [0, 0.05) is 0 Å². The average Bonchev–Trinajstić information content (AvgIpc) is 2.82. The van der Waals surface area contributed by atoms with E-state index >= 15 is 0 Å². The molecule has 0 bridgehead atoms. The number of rotatable bonds is 2. The molecule has 16 heavy (non-hydrogen) atoms. The SMILES string of the molecule is Cl.N#Cc1ccc([C@@H](N)c2ccsc2)cc1. The zero-order chi connectivity index (χ0) is 10.7. The summed E-state index contributed by atoms with van der Waals surface area (Å²) in [6, 6.07) is 11.4. The molecule has 0 fully saturated rings. The van der Waals surface area contributed by atoms with Crippen LogP contribution < -0.4 is 5.73 Å². The van der Waals surface area contributed by atoms with Crippen LogP contribution >= 0.6 is 23.7 Å². The third kappa shape index (κ3) is 2.61. The molecular formula is C12H11ClN2S. The normalized spacial score (nSPS) is 11.2. The Morgan fingerprint density at radius 1 is 1.12 bits per heavy atom. The molecule has 0 aliphatic heterocycles. The van der Waals surface area contributed by atoms with E-state index in [-0.39, 0.29) is 18.4 Å². The van der Waals surface area contributed by atoms with Crippen molar-refractivity contribution in [1.29, 1.82) is 5.26 Å². The predicted molar refractivity (Wildman–Crippen MR) is 68.8 cm³/mol. The third-order valence-electron chi connectivity index (χ3n) is 2.30. The van der Waals surface area contributed by atoms with Crippen molar-refractivity contribution in [3.05, 3.63) is 57.8 Å². The Hall–Kier alpha value is -1.34. The van der Waals surface area contributed by atoms with Crippen molar-refractivity contribution < 1.29 is 0 Å². The van der Waals surface area contributed by atoms with E-state index in [2.05, 4.69) is 6.07 Å². The summed E-state index contributed by atoms with van der Waals surface area (Å²) in [5.74, 6) is 0. The zero-order valence-electron chi connectivity index (χ0n) is 8.46. The highest BCUT2D eigenvalue weighted by atomic mass is 35.5. The highest BCUT2D eigenvalue weighted by Crippen LogP contribution is 2.21. The Bertz CT molecular complexity index is 471.